The van der Waals surface area contributed by atoms with Crippen LogP contribution >= 0.6 is 11.6 Å². The second-order valence-electron chi connectivity index (χ2n) is 3.70. The molecule has 0 aliphatic heterocycles. The van der Waals surface area contributed by atoms with Crippen LogP contribution in [0.25, 0.3) is 21.9 Å². The molecule has 0 aliphatic carbocycles. The van der Waals surface area contributed by atoms with Crippen LogP contribution in [0.15, 0.2) is 45.6 Å². The molecule has 2 aromatic carbocycles. The molecule has 1 N–H and O–H groups in total. The molecule has 84 valence electrons. The Balaban J connectivity index is 2.66. The van der Waals surface area contributed by atoms with Crippen molar-refractivity contribution in [1.82, 2.24) is 0 Å². The summed E-state index contributed by atoms with van der Waals surface area (Å²) in [5.74, 6) is -0.233. The summed E-state index contributed by atoms with van der Waals surface area (Å²) in [6, 6.07) is 9.96. The number of halogens is 1. The molecule has 0 saturated heterocycles. The highest BCUT2D eigenvalue weighted by Crippen LogP contribution is 2.31. The Kier molecular flexibility index (Phi) is 2.09. The predicted molar refractivity (Wildman–Crippen MR) is 66.7 cm³/mol. The summed E-state index contributed by atoms with van der Waals surface area (Å²) in [6.07, 6.45) is 0. The molecule has 0 unspecified atom stereocenters. The lowest BCUT2D eigenvalue weighted by atomic mass is 10.1. The number of phenolic OH excluding ortho intramolecular Hbond substituents is 1. The largest absolute Gasteiger partial charge is 0.505 e. The van der Waals surface area contributed by atoms with Gasteiger partial charge in [0.2, 0.25) is 5.43 Å². The van der Waals surface area contributed by atoms with Crippen molar-refractivity contribution < 1.29 is 9.52 Å². The van der Waals surface area contributed by atoms with E-state index in [-0.39, 0.29) is 21.6 Å². The van der Waals surface area contributed by atoms with Crippen molar-refractivity contribution in [3.8, 4) is 5.75 Å². The van der Waals surface area contributed by atoms with Gasteiger partial charge in [0.25, 0.3) is 0 Å². The number of para-hydroxylation sites is 1. The molecule has 4 heteroatoms. The van der Waals surface area contributed by atoms with Crippen LogP contribution in [0.3, 0.4) is 0 Å². The molecule has 0 radical (unpaired) electrons. The Bertz CT molecular complexity index is 790. The predicted octanol–water partition coefficient (Wildman–Crippen LogP) is 3.31. The summed E-state index contributed by atoms with van der Waals surface area (Å²) >= 11 is 5.78. The van der Waals surface area contributed by atoms with E-state index < -0.39 is 0 Å². The molecule has 3 aromatic rings. The lowest BCUT2D eigenvalue weighted by Gasteiger charge is -2.03. The molecule has 0 atom stereocenters. The maximum absolute atomic E-state index is 12.2. The van der Waals surface area contributed by atoms with Crippen molar-refractivity contribution in [2.24, 2.45) is 0 Å². The van der Waals surface area contributed by atoms with Crippen LogP contribution in [0.5, 0.6) is 5.75 Å². The minimum absolute atomic E-state index is 0.121. The molecule has 0 fully saturated rings. The van der Waals surface area contributed by atoms with Crippen molar-refractivity contribution >= 4 is 33.5 Å². The molecule has 0 saturated carbocycles. The van der Waals surface area contributed by atoms with Gasteiger partial charge in [-0.05, 0) is 24.3 Å². The zero-order valence-electron chi connectivity index (χ0n) is 8.61. The Morgan fingerprint density at radius 2 is 1.82 bits per heavy atom. The number of hydrogen-bond donors (Lipinski definition) is 1. The average molecular weight is 247 g/mol. The fourth-order valence-electron chi connectivity index (χ4n) is 1.85. The fraction of sp³-hybridized carbons (Fsp3) is 0. The molecule has 3 nitrogen and oxygen atoms in total. The Hall–Kier alpha value is -2.00. The summed E-state index contributed by atoms with van der Waals surface area (Å²) in [6.45, 7) is 0. The van der Waals surface area contributed by atoms with Gasteiger partial charge in [-0.3, -0.25) is 4.79 Å². The third-order valence-electron chi connectivity index (χ3n) is 2.67. The van der Waals surface area contributed by atoms with Crippen LogP contribution < -0.4 is 5.43 Å². The lowest BCUT2D eigenvalue weighted by molar-refractivity contribution is 0.480. The van der Waals surface area contributed by atoms with Gasteiger partial charge < -0.3 is 9.52 Å². The number of hydrogen-bond acceptors (Lipinski definition) is 3. The van der Waals surface area contributed by atoms with E-state index in [1.165, 1.54) is 6.07 Å². The third-order valence-corrected chi connectivity index (χ3v) is 2.97. The first kappa shape index (κ1) is 10.2. The van der Waals surface area contributed by atoms with Crippen molar-refractivity contribution in [1.29, 1.82) is 0 Å². The van der Waals surface area contributed by atoms with E-state index in [1.807, 2.05) is 0 Å². The minimum atomic E-state index is -0.276. The minimum Gasteiger partial charge on any atom is -0.505 e. The van der Waals surface area contributed by atoms with Gasteiger partial charge in [-0.25, -0.2) is 0 Å². The third kappa shape index (κ3) is 1.40. The average Bonchev–Trinajstić information content (AvgIpc) is 2.34. The molecule has 17 heavy (non-hydrogen) atoms. The molecular weight excluding hydrogens is 240 g/mol. The monoisotopic (exact) mass is 246 g/mol. The molecule has 1 aromatic heterocycles. The van der Waals surface area contributed by atoms with Gasteiger partial charge in [0.15, 0.2) is 0 Å². The van der Waals surface area contributed by atoms with Crippen LogP contribution in [0.4, 0.5) is 0 Å². The van der Waals surface area contributed by atoms with Crippen LogP contribution in [0, 0.1) is 0 Å². The summed E-state index contributed by atoms with van der Waals surface area (Å²) in [5.41, 5.74) is 0.546. The van der Waals surface area contributed by atoms with Crippen molar-refractivity contribution in [3.63, 3.8) is 0 Å². The van der Waals surface area contributed by atoms with Crippen LogP contribution in [0.1, 0.15) is 0 Å². The first-order valence-corrected chi connectivity index (χ1v) is 5.39. The van der Waals surface area contributed by atoms with E-state index in [1.54, 1.807) is 30.3 Å². The Morgan fingerprint density at radius 3 is 2.65 bits per heavy atom. The fourth-order valence-corrected chi connectivity index (χ4v) is 2.01. The van der Waals surface area contributed by atoms with E-state index >= 15 is 0 Å². The summed E-state index contributed by atoms with van der Waals surface area (Å²) in [7, 11) is 0. The number of rotatable bonds is 0. The standard InChI is InChI=1S/C13H7ClO3/c14-8-5-6-10-11(13(8)16)12(15)7-3-1-2-4-9(7)17-10/h1-6,16H. The first-order chi connectivity index (χ1) is 8.18. The maximum Gasteiger partial charge on any atom is 0.204 e. The Labute approximate surface area is 101 Å². The first-order valence-electron chi connectivity index (χ1n) is 5.01. The molecule has 0 bridgehead atoms. The second-order valence-corrected chi connectivity index (χ2v) is 4.10. The highest BCUT2D eigenvalue weighted by molar-refractivity contribution is 6.33. The zero-order valence-corrected chi connectivity index (χ0v) is 9.36. The highest BCUT2D eigenvalue weighted by atomic mass is 35.5. The quantitative estimate of drug-likeness (QED) is 0.619. The molecule has 0 amide bonds. The number of phenols is 1. The van der Waals surface area contributed by atoms with Gasteiger partial charge >= 0.3 is 0 Å². The van der Waals surface area contributed by atoms with Crippen molar-refractivity contribution in [2.75, 3.05) is 0 Å². The summed E-state index contributed by atoms with van der Waals surface area (Å²) < 4.78 is 5.54. The van der Waals surface area contributed by atoms with Crippen molar-refractivity contribution in [3.05, 3.63) is 51.6 Å². The molecule has 1 heterocycles. The van der Waals surface area contributed by atoms with E-state index in [0.29, 0.717) is 16.6 Å². The normalized spacial score (nSPS) is 11.1. The van der Waals surface area contributed by atoms with E-state index in [9.17, 15) is 9.90 Å². The SMILES string of the molecule is O=c1c2ccccc2oc2ccc(Cl)c(O)c12. The second kappa shape index (κ2) is 3.50. The smallest absolute Gasteiger partial charge is 0.204 e. The summed E-state index contributed by atoms with van der Waals surface area (Å²) in [5, 5.41) is 10.5. The number of benzene rings is 2. The van der Waals surface area contributed by atoms with Gasteiger partial charge in [0, 0.05) is 0 Å². The number of fused-ring (bicyclic) bond motifs is 2. The van der Waals surface area contributed by atoms with Gasteiger partial charge in [0.05, 0.1) is 10.4 Å². The lowest BCUT2D eigenvalue weighted by Crippen LogP contribution is -2.02. The van der Waals surface area contributed by atoms with Gasteiger partial charge in [-0.2, -0.15) is 0 Å². The van der Waals surface area contributed by atoms with Crippen LogP contribution in [-0.4, -0.2) is 5.11 Å². The molecule has 0 aliphatic rings. The Morgan fingerprint density at radius 1 is 1.06 bits per heavy atom. The summed E-state index contributed by atoms with van der Waals surface area (Å²) in [4.78, 5) is 12.2. The maximum atomic E-state index is 12.2. The number of aromatic hydroxyl groups is 1. The van der Waals surface area contributed by atoms with Crippen LogP contribution in [0.2, 0.25) is 5.02 Å². The molecule has 0 spiro atoms. The van der Waals surface area contributed by atoms with E-state index in [2.05, 4.69) is 0 Å². The van der Waals surface area contributed by atoms with Crippen molar-refractivity contribution in [2.45, 2.75) is 0 Å². The molecular formula is C13H7ClO3. The van der Waals surface area contributed by atoms with Crippen LogP contribution in [-0.2, 0) is 0 Å². The highest BCUT2D eigenvalue weighted by Gasteiger charge is 2.13. The molecule has 3 rings (SSSR count). The topological polar surface area (TPSA) is 50.4 Å². The van der Waals surface area contributed by atoms with E-state index in [0.717, 1.165) is 0 Å². The van der Waals surface area contributed by atoms with Gasteiger partial charge in [0.1, 0.15) is 22.3 Å². The van der Waals surface area contributed by atoms with Gasteiger partial charge in [-0.15, -0.1) is 0 Å². The van der Waals surface area contributed by atoms with Gasteiger partial charge in [-0.1, -0.05) is 23.7 Å². The zero-order chi connectivity index (χ0) is 12.0. The van der Waals surface area contributed by atoms with E-state index in [4.69, 9.17) is 16.0 Å².